The molecule has 1 aromatic rings. The summed E-state index contributed by atoms with van der Waals surface area (Å²) >= 11 is 0. The molecule has 7 heteroatoms. The van der Waals surface area contributed by atoms with Gasteiger partial charge in [0.2, 0.25) is 0 Å². The first-order valence-corrected chi connectivity index (χ1v) is 8.49. The van der Waals surface area contributed by atoms with Crippen molar-refractivity contribution in [3.8, 4) is 5.75 Å². The van der Waals surface area contributed by atoms with Crippen molar-refractivity contribution >= 4 is 5.69 Å². The van der Waals surface area contributed by atoms with E-state index in [0.29, 0.717) is 19.7 Å². The van der Waals surface area contributed by atoms with Gasteiger partial charge in [-0.15, -0.1) is 0 Å². The summed E-state index contributed by atoms with van der Waals surface area (Å²) in [6, 6.07) is 2.58. The summed E-state index contributed by atoms with van der Waals surface area (Å²) in [6.07, 6.45) is 0. The molecule has 2 fully saturated rings. The van der Waals surface area contributed by atoms with Gasteiger partial charge in [0.1, 0.15) is 18.0 Å². The summed E-state index contributed by atoms with van der Waals surface area (Å²) in [6.45, 7) is 7.19. The van der Waals surface area contributed by atoms with Gasteiger partial charge in [0.15, 0.2) is 11.6 Å². The molecule has 2 saturated heterocycles. The van der Waals surface area contributed by atoms with Gasteiger partial charge in [0.05, 0.1) is 13.2 Å². The molecule has 2 aliphatic heterocycles. The fourth-order valence-electron chi connectivity index (χ4n) is 3.08. The summed E-state index contributed by atoms with van der Waals surface area (Å²) in [5.74, 6) is -0.863. The van der Waals surface area contributed by atoms with E-state index in [1.54, 1.807) is 4.90 Å². The molecule has 3 rings (SSSR count). The van der Waals surface area contributed by atoms with Crippen molar-refractivity contribution in [2.45, 2.75) is 0 Å². The summed E-state index contributed by atoms with van der Waals surface area (Å²) in [4.78, 5) is 6.13. The van der Waals surface area contributed by atoms with Gasteiger partial charge in [0.25, 0.3) is 0 Å². The predicted molar refractivity (Wildman–Crippen MR) is 88.8 cm³/mol. The smallest absolute Gasteiger partial charge is 0.153 e. The van der Waals surface area contributed by atoms with Gasteiger partial charge in [-0.2, -0.15) is 0 Å². The Morgan fingerprint density at radius 3 is 2.25 bits per heavy atom. The van der Waals surface area contributed by atoms with E-state index in [1.165, 1.54) is 12.1 Å². The molecule has 0 spiro atoms. The van der Waals surface area contributed by atoms with Crippen molar-refractivity contribution in [1.29, 1.82) is 0 Å². The Hall–Kier alpha value is -1.44. The number of hydrogen-bond acceptors (Lipinski definition) is 5. The van der Waals surface area contributed by atoms with Crippen LogP contribution in [0.5, 0.6) is 5.75 Å². The first kappa shape index (κ1) is 17.4. The Morgan fingerprint density at radius 1 is 1.00 bits per heavy atom. The Kier molecular flexibility index (Phi) is 5.86. The molecule has 0 atom stereocenters. The van der Waals surface area contributed by atoms with Crippen molar-refractivity contribution in [1.82, 2.24) is 9.80 Å². The van der Waals surface area contributed by atoms with Crippen LogP contribution in [0.3, 0.4) is 0 Å². The van der Waals surface area contributed by atoms with E-state index in [4.69, 9.17) is 9.47 Å². The third-order valence-electron chi connectivity index (χ3n) is 4.59. The lowest BCUT2D eigenvalue weighted by Crippen LogP contribution is -2.45. The highest BCUT2D eigenvalue weighted by molar-refractivity contribution is 5.52. The molecule has 0 N–H and O–H groups in total. The number of likely N-dealkylation sites (N-methyl/N-ethyl adjacent to an activating group) is 1. The Bertz CT molecular complexity index is 522. The van der Waals surface area contributed by atoms with Crippen molar-refractivity contribution < 1.29 is 18.3 Å². The van der Waals surface area contributed by atoms with Crippen LogP contribution in [0.15, 0.2) is 12.1 Å². The summed E-state index contributed by atoms with van der Waals surface area (Å²) in [7, 11) is 2.01. The van der Waals surface area contributed by atoms with Crippen molar-refractivity contribution in [2.24, 2.45) is 0 Å². The number of anilines is 1. The van der Waals surface area contributed by atoms with E-state index >= 15 is 0 Å². The first-order valence-electron chi connectivity index (χ1n) is 8.49. The van der Waals surface area contributed by atoms with E-state index < -0.39 is 11.6 Å². The van der Waals surface area contributed by atoms with Gasteiger partial charge in [-0.3, -0.25) is 4.90 Å². The molecule has 0 bridgehead atoms. The average Bonchev–Trinajstić information content (AvgIpc) is 2.57. The highest BCUT2D eigenvalue weighted by Crippen LogP contribution is 2.29. The Morgan fingerprint density at radius 2 is 1.62 bits per heavy atom. The highest BCUT2D eigenvalue weighted by Gasteiger charge is 2.22. The minimum absolute atomic E-state index is 0.0589. The maximum atomic E-state index is 14.4. The molecule has 134 valence electrons. The molecule has 2 aliphatic rings. The summed E-state index contributed by atoms with van der Waals surface area (Å²) < 4.78 is 39.6. The van der Waals surface area contributed by atoms with Crippen LogP contribution in [0.2, 0.25) is 0 Å². The second kappa shape index (κ2) is 8.09. The first-order chi connectivity index (χ1) is 11.6. The third kappa shape index (κ3) is 4.34. The lowest BCUT2D eigenvalue weighted by Gasteiger charge is -2.34. The summed E-state index contributed by atoms with van der Waals surface area (Å²) in [5.41, 5.74) is 0.0589. The molecular formula is C17H25F2N3O2. The van der Waals surface area contributed by atoms with Crippen LogP contribution < -0.4 is 9.64 Å². The van der Waals surface area contributed by atoms with E-state index in [9.17, 15) is 8.78 Å². The number of hydrogen-bond donors (Lipinski definition) is 0. The maximum Gasteiger partial charge on any atom is 0.153 e. The van der Waals surface area contributed by atoms with E-state index in [1.807, 2.05) is 7.05 Å². The zero-order chi connectivity index (χ0) is 16.9. The van der Waals surface area contributed by atoms with Crippen LogP contribution in [0.1, 0.15) is 0 Å². The molecule has 0 saturated carbocycles. The molecule has 2 heterocycles. The average molecular weight is 341 g/mol. The Balaban J connectivity index is 1.57. The minimum Gasteiger partial charge on any atom is -0.492 e. The number of nitrogens with zero attached hydrogens (tertiary/aromatic N) is 3. The second-order valence-electron chi connectivity index (χ2n) is 6.33. The number of rotatable bonds is 5. The molecule has 5 nitrogen and oxygen atoms in total. The minimum atomic E-state index is -0.555. The maximum absolute atomic E-state index is 14.4. The normalized spacial score (nSPS) is 20.4. The number of benzene rings is 1. The number of morpholine rings is 1. The van der Waals surface area contributed by atoms with Crippen molar-refractivity contribution in [2.75, 3.05) is 77.6 Å². The van der Waals surface area contributed by atoms with Gasteiger partial charge in [0, 0.05) is 57.9 Å². The van der Waals surface area contributed by atoms with Crippen molar-refractivity contribution in [3.63, 3.8) is 0 Å². The molecule has 0 amide bonds. The molecule has 24 heavy (non-hydrogen) atoms. The van der Waals surface area contributed by atoms with Crippen LogP contribution >= 0.6 is 0 Å². The molecule has 1 aromatic carbocycles. The van der Waals surface area contributed by atoms with Crippen LogP contribution in [0, 0.1) is 11.6 Å². The second-order valence-corrected chi connectivity index (χ2v) is 6.33. The zero-order valence-corrected chi connectivity index (χ0v) is 14.1. The van der Waals surface area contributed by atoms with Gasteiger partial charge in [-0.1, -0.05) is 0 Å². The number of halogens is 2. The third-order valence-corrected chi connectivity index (χ3v) is 4.59. The molecule has 0 radical (unpaired) electrons. The number of piperazine rings is 1. The van der Waals surface area contributed by atoms with Gasteiger partial charge < -0.3 is 19.3 Å². The Labute approximate surface area is 141 Å². The van der Waals surface area contributed by atoms with Gasteiger partial charge in [-0.05, 0) is 7.05 Å². The lowest BCUT2D eigenvalue weighted by molar-refractivity contribution is 0.0322. The van der Waals surface area contributed by atoms with E-state index in [0.717, 1.165) is 45.9 Å². The van der Waals surface area contributed by atoms with Crippen LogP contribution in [0.4, 0.5) is 14.5 Å². The predicted octanol–water partition coefficient (Wildman–Crippen LogP) is 1.43. The standard InChI is InChI=1S/C17H25F2N3O2/c1-20-2-4-22(5-3-20)17-15(18)12-14(13-16(17)19)24-11-8-21-6-9-23-10-7-21/h12-13H,2-11H2,1H3. The largest absolute Gasteiger partial charge is 0.492 e. The van der Waals surface area contributed by atoms with Gasteiger partial charge >= 0.3 is 0 Å². The summed E-state index contributed by atoms with van der Waals surface area (Å²) in [5, 5.41) is 0. The molecule has 0 aliphatic carbocycles. The number of ether oxygens (including phenoxy) is 2. The van der Waals surface area contributed by atoms with Crippen LogP contribution in [-0.2, 0) is 4.74 Å². The molecule has 0 unspecified atom stereocenters. The fourth-order valence-corrected chi connectivity index (χ4v) is 3.08. The van der Waals surface area contributed by atoms with Crippen LogP contribution in [0.25, 0.3) is 0 Å². The lowest BCUT2D eigenvalue weighted by atomic mass is 10.2. The van der Waals surface area contributed by atoms with Crippen LogP contribution in [-0.4, -0.2) is 82.5 Å². The zero-order valence-electron chi connectivity index (χ0n) is 14.1. The van der Waals surface area contributed by atoms with E-state index in [-0.39, 0.29) is 11.4 Å². The van der Waals surface area contributed by atoms with Crippen molar-refractivity contribution in [3.05, 3.63) is 23.8 Å². The SMILES string of the molecule is CN1CCN(c2c(F)cc(OCCN3CCOCC3)cc2F)CC1. The molecule has 0 aromatic heterocycles. The van der Waals surface area contributed by atoms with Gasteiger partial charge in [-0.25, -0.2) is 8.78 Å². The quantitative estimate of drug-likeness (QED) is 0.808. The fraction of sp³-hybridized carbons (Fsp3) is 0.647. The molecular weight excluding hydrogens is 316 g/mol. The monoisotopic (exact) mass is 341 g/mol. The highest BCUT2D eigenvalue weighted by atomic mass is 19.1. The topological polar surface area (TPSA) is 28.2 Å². The van der Waals surface area contributed by atoms with E-state index in [2.05, 4.69) is 9.80 Å².